The van der Waals surface area contributed by atoms with Gasteiger partial charge in [0.2, 0.25) is 0 Å². The van der Waals surface area contributed by atoms with Crippen LogP contribution >= 0.6 is 0 Å². The first-order valence-corrected chi connectivity index (χ1v) is 11.7. The molecule has 2 aliphatic rings. The Morgan fingerprint density at radius 1 is 1.13 bits per heavy atom. The van der Waals surface area contributed by atoms with E-state index in [1.54, 1.807) is 0 Å². The summed E-state index contributed by atoms with van der Waals surface area (Å²) in [4.78, 5) is 15.7. The molecule has 31 heavy (non-hydrogen) atoms. The summed E-state index contributed by atoms with van der Waals surface area (Å²) in [5.41, 5.74) is 7.33. The summed E-state index contributed by atoms with van der Waals surface area (Å²) in [6.45, 7) is 14.3. The predicted molar refractivity (Wildman–Crippen MR) is 129 cm³/mol. The van der Waals surface area contributed by atoms with Crippen molar-refractivity contribution < 1.29 is 0 Å². The molecule has 0 radical (unpaired) electrons. The number of hydrogen-bond donors (Lipinski definition) is 2. The van der Waals surface area contributed by atoms with Crippen LogP contribution in [0.5, 0.6) is 0 Å². The molecule has 0 aromatic carbocycles. The molecule has 164 valence electrons. The lowest BCUT2D eigenvalue weighted by molar-refractivity contribution is 0.350. The molecule has 0 spiro atoms. The van der Waals surface area contributed by atoms with Gasteiger partial charge in [0.05, 0.1) is 5.69 Å². The highest BCUT2D eigenvalue weighted by molar-refractivity contribution is 5.93. The number of rotatable bonds is 3. The Morgan fingerprint density at radius 2 is 1.94 bits per heavy atom. The minimum absolute atomic E-state index is 0.0526. The summed E-state index contributed by atoms with van der Waals surface area (Å²) in [6, 6.07) is 6.71. The highest BCUT2D eigenvalue weighted by Crippen LogP contribution is 2.43. The maximum Gasteiger partial charge on any atom is 0.138 e. The molecule has 0 amide bonds. The van der Waals surface area contributed by atoms with E-state index in [9.17, 15) is 0 Å². The van der Waals surface area contributed by atoms with Crippen molar-refractivity contribution in [2.75, 3.05) is 24.5 Å². The molecular weight excluding hydrogens is 382 g/mol. The summed E-state index contributed by atoms with van der Waals surface area (Å²) in [5, 5.41) is 4.81. The molecule has 5 heteroatoms. The minimum atomic E-state index is 0.0526. The van der Waals surface area contributed by atoms with E-state index in [0.29, 0.717) is 5.92 Å². The second kappa shape index (κ2) is 7.33. The standard InChI is InChI=1S/C26H35N5/c1-25(2,3)23-13-19-18(9-10-27-24(19)30-23)21-14-22(20(15-28-21)17-7-6-8-17)31-12-11-29-26(4,5)16-31/h9-10,13-15,17,29H,6-8,11-12,16H2,1-5H3,(H,27,30). The van der Waals surface area contributed by atoms with Gasteiger partial charge in [0.25, 0.3) is 0 Å². The molecule has 4 heterocycles. The number of pyridine rings is 2. The highest BCUT2D eigenvalue weighted by Gasteiger charge is 2.30. The van der Waals surface area contributed by atoms with Gasteiger partial charge in [0.15, 0.2) is 0 Å². The average molecular weight is 418 g/mol. The summed E-state index contributed by atoms with van der Waals surface area (Å²) < 4.78 is 0. The second-order valence-corrected chi connectivity index (χ2v) is 11.0. The third-order valence-corrected chi connectivity index (χ3v) is 6.98. The largest absolute Gasteiger partial charge is 0.368 e. The monoisotopic (exact) mass is 417 g/mol. The highest BCUT2D eigenvalue weighted by atomic mass is 15.2. The normalized spacial score (nSPS) is 19.6. The Hall–Kier alpha value is -2.40. The van der Waals surface area contributed by atoms with Crippen LogP contribution in [-0.4, -0.2) is 40.1 Å². The van der Waals surface area contributed by atoms with Crippen LogP contribution in [0.1, 0.15) is 71.1 Å². The summed E-state index contributed by atoms with van der Waals surface area (Å²) in [7, 11) is 0. The smallest absolute Gasteiger partial charge is 0.138 e. The van der Waals surface area contributed by atoms with E-state index in [-0.39, 0.29) is 11.0 Å². The molecule has 0 unspecified atom stereocenters. The van der Waals surface area contributed by atoms with Crippen molar-refractivity contribution in [1.29, 1.82) is 0 Å². The first-order valence-electron chi connectivity index (χ1n) is 11.7. The zero-order valence-electron chi connectivity index (χ0n) is 19.5. The molecule has 2 N–H and O–H groups in total. The van der Waals surface area contributed by atoms with E-state index in [4.69, 9.17) is 4.98 Å². The lowest BCUT2D eigenvalue weighted by Crippen LogP contribution is -2.57. The third-order valence-electron chi connectivity index (χ3n) is 6.98. The zero-order valence-corrected chi connectivity index (χ0v) is 19.5. The Kier molecular flexibility index (Phi) is 4.85. The van der Waals surface area contributed by atoms with Crippen molar-refractivity contribution in [3.8, 4) is 11.3 Å². The van der Waals surface area contributed by atoms with E-state index in [0.717, 1.165) is 41.9 Å². The maximum absolute atomic E-state index is 4.98. The molecule has 1 aliphatic heterocycles. The van der Waals surface area contributed by atoms with Crippen LogP contribution in [-0.2, 0) is 5.41 Å². The van der Waals surface area contributed by atoms with E-state index in [1.165, 1.54) is 36.2 Å². The van der Waals surface area contributed by atoms with Crippen LogP contribution in [0.4, 0.5) is 5.69 Å². The molecule has 1 aliphatic carbocycles. The van der Waals surface area contributed by atoms with Crippen molar-refractivity contribution in [2.24, 2.45) is 0 Å². The van der Waals surface area contributed by atoms with E-state index >= 15 is 0 Å². The fourth-order valence-corrected chi connectivity index (χ4v) is 4.91. The zero-order chi connectivity index (χ0) is 21.8. The Labute approximate surface area is 185 Å². The van der Waals surface area contributed by atoms with E-state index in [1.807, 2.05) is 6.20 Å². The van der Waals surface area contributed by atoms with Gasteiger partial charge in [-0.05, 0) is 56.4 Å². The molecular formula is C26H35N5. The van der Waals surface area contributed by atoms with Gasteiger partial charge in [-0.25, -0.2) is 4.98 Å². The molecule has 1 saturated heterocycles. The summed E-state index contributed by atoms with van der Waals surface area (Å²) in [5.74, 6) is 0.659. The van der Waals surface area contributed by atoms with Crippen molar-refractivity contribution in [3.63, 3.8) is 0 Å². The molecule has 5 nitrogen and oxygen atoms in total. The van der Waals surface area contributed by atoms with Gasteiger partial charge in [-0.15, -0.1) is 0 Å². The van der Waals surface area contributed by atoms with Crippen molar-refractivity contribution in [3.05, 3.63) is 41.9 Å². The molecule has 0 bridgehead atoms. The number of hydrogen-bond acceptors (Lipinski definition) is 4. The van der Waals surface area contributed by atoms with Gasteiger partial charge in [-0.3, -0.25) is 4.98 Å². The maximum atomic E-state index is 4.98. The first-order chi connectivity index (χ1) is 14.7. The minimum Gasteiger partial charge on any atom is -0.368 e. The Bertz CT molecular complexity index is 1100. The van der Waals surface area contributed by atoms with Gasteiger partial charge >= 0.3 is 0 Å². The molecule has 5 rings (SSSR count). The van der Waals surface area contributed by atoms with Crippen LogP contribution in [0.25, 0.3) is 22.3 Å². The van der Waals surface area contributed by atoms with Crippen molar-refractivity contribution >= 4 is 16.7 Å². The van der Waals surface area contributed by atoms with Crippen LogP contribution in [0, 0.1) is 0 Å². The SMILES string of the molecule is CC1(C)CN(c2cc(-c3ccnc4[nH]c(C(C)(C)C)cc34)ncc2C2CCC2)CCN1. The summed E-state index contributed by atoms with van der Waals surface area (Å²) >= 11 is 0. The number of anilines is 1. The molecule has 2 fully saturated rings. The van der Waals surface area contributed by atoms with Gasteiger partial charge in [0, 0.05) is 65.3 Å². The van der Waals surface area contributed by atoms with Crippen molar-refractivity contribution in [2.45, 2.75) is 70.8 Å². The molecule has 3 aromatic heterocycles. The van der Waals surface area contributed by atoms with Crippen molar-refractivity contribution in [1.82, 2.24) is 20.3 Å². The quantitative estimate of drug-likeness (QED) is 0.601. The van der Waals surface area contributed by atoms with Gasteiger partial charge in [0.1, 0.15) is 5.65 Å². The Balaban J connectivity index is 1.61. The number of nitrogens with one attached hydrogen (secondary N) is 2. The number of fused-ring (bicyclic) bond motifs is 1. The lowest BCUT2D eigenvalue weighted by atomic mass is 9.79. The van der Waals surface area contributed by atoms with Crippen LogP contribution in [0.15, 0.2) is 30.6 Å². The van der Waals surface area contributed by atoms with Crippen LogP contribution < -0.4 is 10.2 Å². The van der Waals surface area contributed by atoms with Gasteiger partial charge in [-0.2, -0.15) is 0 Å². The number of nitrogens with zero attached hydrogens (tertiary/aromatic N) is 3. The lowest BCUT2D eigenvalue weighted by Gasteiger charge is -2.42. The second-order valence-electron chi connectivity index (χ2n) is 11.0. The number of H-pyrrole nitrogens is 1. The molecule has 3 aromatic rings. The topological polar surface area (TPSA) is 56.8 Å². The van der Waals surface area contributed by atoms with Gasteiger partial charge < -0.3 is 15.2 Å². The molecule has 1 saturated carbocycles. The fraction of sp³-hybridized carbons (Fsp3) is 0.538. The predicted octanol–water partition coefficient (Wildman–Crippen LogP) is 5.38. The fourth-order valence-electron chi connectivity index (χ4n) is 4.91. The number of piperazine rings is 1. The first kappa shape index (κ1) is 20.5. The number of aromatic amines is 1. The summed E-state index contributed by atoms with van der Waals surface area (Å²) in [6.07, 6.45) is 7.97. The molecule has 0 atom stereocenters. The van der Waals surface area contributed by atoms with E-state index < -0.39 is 0 Å². The van der Waals surface area contributed by atoms with Gasteiger partial charge in [-0.1, -0.05) is 27.2 Å². The Morgan fingerprint density at radius 3 is 2.61 bits per heavy atom. The average Bonchev–Trinajstić information content (AvgIpc) is 3.11. The number of aromatic nitrogens is 3. The van der Waals surface area contributed by atoms with Crippen LogP contribution in [0.3, 0.4) is 0 Å². The van der Waals surface area contributed by atoms with E-state index in [2.05, 4.69) is 79.2 Å². The third kappa shape index (κ3) is 3.84. The van der Waals surface area contributed by atoms with Crippen LogP contribution in [0.2, 0.25) is 0 Å².